The van der Waals surface area contributed by atoms with Crippen molar-refractivity contribution in [3.05, 3.63) is 35.4 Å². The monoisotopic (exact) mass is 325 g/mol. The minimum absolute atomic E-state index is 0.00367. The van der Waals surface area contributed by atoms with Gasteiger partial charge in [-0.2, -0.15) is 10.5 Å². The van der Waals surface area contributed by atoms with E-state index in [2.05, 4.69) is 30.0 Å². The highest BCUT2D eigenvalue weighted by atomic mass is 16.2. The molecule has 0 aromatic heterocycles. The third-order valence-corrected chi connectivity index (χ3v) is 4.33. The molecular formula is C18H23N5O. The van der Waals surface area contributed by atoms with Crippen LogP contribution in [0.4, 0.5) is 0 Å². The van der Waals surface area contributed by atoms with Gasteiger partial charge in [0, 0.05) is 32.7 Å². The number of piperazine rings is 1. The van der Waals surface area contributed by atoms with Crippen molar-refractivity contribution >= 4 is 5.91 Å². The summed E-state index contributed by atoms with van der Waals surface area (Å²) in [5, 5.41) is 17.5. The van der Waals surface area contributed by atoms with Gasteiger partial charge < -0.3 is 4.90 Å². The molecule has 0 spiro atoms. The van der Waals surface area contributed by atoms with Crippen LogP contribution in [0, 0.1) is 29.6 Å². The highest BCUT2D eigenvalue weighted by molar-refractivity contribution is 5.78. The SMILES string of the molecule is Cc1ccccc1CN1CCN(C(=O)CN(CC#N)CC#N)CC1. The Morgan fingerprint density at radius 2 is 1.75 bits per heavy atom. The Morgan fingerprint density at radius 3 is 2.33 bits per heavy atom. The quantitative estimate of drug-likeness (QED) is 0.729. The largest absolute Gasteiger partial charge is 0.339 e. The van der Waals surface area contributed by atoms with Crippen LogP contribution in [0.3, 0.4) is 0 Å². The number of hydrogen-bond donors (Lipinski definition) is 0. The normalized spacial score (nSPS) is 15.1. The Balaban J connectivity index is 1.82. The highest BCUT2D eigenvalue weighted by Gasteiger charge is 2.22. The zero-order valence-electron chi connectivity index (χ0n) is 14.1. The van der Waals surface area contributed by atoms with Crippen LogP contribution in [0.15, 0.2) is 24.3 Å². The van der Waals surface area contributed by atoms with Crippen molar-refractivity contribution in [2.24, 2.45) is 0 Å². The van der Waals surface area contributed by atoms with Gasteiger partial charge in [-0.1, -0.05) is 24.3 Å². The smallest absolute Gasteiger partial charge is 0.236 e. The van der Waals surface area contributed by atoms with Gasteiger partial charge in [0.2, 0.25) is 5.91 Å². The number of benzene rings is 1. The van der Waals surface area contributed by atoms with E-state index < -0.39 is 0 Å². The van der Waals surface area contributed by atoms with Crippen LogP contribution in [0.5, 0.6) is 0 Å². The van der Waals surface area contributed by atoms with Crippen molar-refractivity contribution in [2.45, 2.75) is 13.5 Å². The maximum Gasteiger partial charge on any atom is 0.236 e. The number of hydrogen-bond acceptors (Lipinski definition) is 5. The van der Waals surface area contributed by atoms with Crippen LogP contribution < -0.4 is 0 Å². The summed E-state index contributed by atoms with van der Waals surface area (Å²) < 4.78 is 0. The van der Waals surface area contributed by atoms with E-state index in [1.165, 1.54) is 11.1 Å². The predicted octanol–water partition coefficient (Wildman–Crippen LogP) is 0.988. The number of rotatable bonds is 6. The van der Waals surface area contributed by atoms with E-state index in [4.69, 9.17) is 10.5 Å². The zero-order valence-corrected chi connectivity index (χ0v) is 14.1. The Bertz CT molecular complexity index is 622. The molecule has 0 unspecified atom stereocenters. The van der Waals surface area contributed by atoms with E-state index in [0.717, 1.165) is 19.6 Å². The Labute approximate surface area is 143 Å². The molecule has 1 amide bonds. The van der Waals surface area contributed by atoms with E-state index >= 15 is 0 Å². The van der Waals surface area contributed by atoms with Gasteiger partial charge in [0.15, 0.2) is 0 Å². The molecule has 2 rings (SSSR count). The molecule has 0 radical (unpaired) electrons. The molecule has 1 fully saturated rings. The van der Waals surface area contributed by atoms with Crippen LogP contribution in [0.2, 0.25) is 0 Å². The first-order chi connectivity index (χ1) is 11.6. The molecular weight excluding hydrogens is 302 g/mol. The molecule has 1 aromatic carbocycles. The van der Waals surface area contributed by atoms with E-state index in [0.29, 0.717) is 13.1 Å². The van der Waals surface area contributed by atoms with Crippen LogP contribution in [0.25, 0.3) is 0 Å². The molecule has 1 aromatic rings. The van der Waals surface area contributed by atoms with Gasteiger partial charge in [0.25, 0.3) is 0 Å². The van der Waals surface area contributed by atoms with Gasteiger partial charge >= 0.3 is 0 Å². The molecule has 0 aliphatic carbocycles. The topological polar surface area (TPSA) is 74.4 Å². The van der Waals surface area contributed by atoms with Crippen LogP contribution in [-0.4, -0.2) is 66.4 Å². The van der Waals surface area contributed by atoms with Gasteiger partial charge in [0.1, 0.15) is 0 Å². The lowest BCUT2D eigenvalue weighted by molar-refractivity contribution is -0.134. The molecule has 1 saturated heterocycles. The van der Waals surface area contributed by atoms with Crippen molar-refractivity contribution in [3.8, 4) is 12.1 Å². The van der Waals surface area contributed by atoms with Gasteiger partial charge in [-0.05, 0) is 18.1 Å². The summed E-state index contributed by atoms with van der Waals surface area (Å²) in [6.45, 7) is 6.44. The van der Waals surface area contributed by atoms with Crippen LogP contribution in [-0.2, 0) is 11.3 Å². The van der Waals surface area contributed by atoms with Crippen molar-refractivity contribution in [3.63, 3.8) is 0 Å². The molecule has 0 bridgehead atoms. The average Bonchev–Trinajstić information content (AvgIpc) is 2.58. The maximum absolute atomic E-state index is 12.3. The summed E-state index contributed by atoms with van der Waals surface area (Å²) in [6, 6.07) is 12.4. The second-order valence-corrected chi connectivity index (χ2v) is 6.04. The zero-order chi connectivity index (χ0) is 17.4. The van der Waals surface area contributed by atoms with E-state index in [-0.39, 0.29) is 25.5 Å². The summed E-state index contributed by atoms with van der Waals surface area (Å²) in [6.07, 6.45) is 0. The number of aryl methyl sites for hydroxylation is 1. The van der Waals surface area contributed by atoms with Gasteiger partial charge in [-0.15, -0.1) is 0 Å². The van der Waals surface area contributed by atoms with Crippen molar-refractivity contribution in [1.82, 2.24) is 14.7 Å². The molecule has 24 heavy (non-hydrogen) atoms. The first-order valence-corrected chi connectivity index (χ1v) is 8.15. The number of amides is 1. The van der Waals surface area contributed by atoms with Gasteiger partial charge in [-0.25, -0.2) is 0 Å². The number of nitrogens with zero attached hydrogens (tertiary/aromatic N) is 5. The van der Waals surface area contributed by atoms with Gasteiger partial charge in [-0.3, -0.25) is 14.6 Å². The summed E-state index contributed by atoms with van der Waals surface area (Å²) in [4.78, 5) is 18.1. The third-order valence-electron chi connectivity index (χ3n) is 4.33. The molecule has 0 atom stereocenters. The molecule has 0 N–H and O–H groups in total. The average molecular weight is 325 g/mol. The minimum atomic E-state index is -0.00367. The fraction of sp³-hybridized carbons (Fsp3) is 0.500. The lowest BCUT2D eigenvalue weighted by Crippen LogP contribution is -2.51. The third kappa shape index (κ3) is 5.06. The molecule has 126 valence electrons. The van der Waals surface area contributed by atoms with Gasteiger partial charge in [0.05, 0.1) is 31.8 Å². The molecule has 1 aliphatic rings. The van der Waals surface area contributed by atoms with Crippen LogP contribution >= 0.6 is 0 Å². The summed E-state index contributed by atoms with van der Waals surface area (Å²) >= 11 is 0. The van der Waals surface area contributed by atoms with E-state index in [1.54, 1.807) is 4.90 Å². The van der Waals surface area contributed by atoms with Crippen molar-refractivity contribution in [2.75, 3.05) is 45.8 Å². The summed E-state index contributed by atoms with van der Waals surface area (Å²) in [5.74, 6) is -0.00367. The second kappa shape index (κ2) is 9.02. The van der Waals surface area contributed by atoms with E-state index in [9.17, 15) is 4.79 Å². The number of carbonyl (C=O) groups is 1. The summed E-state index contributed by atoms with van der Waals surface area (Å²) in [7, 11) is 0. The fourth-order valence-electron chi connectivity index (χ4n) is 2.84. The van der Waals surface area contributed by atoms with E-state index in [1.807, 2.05) is 23.1 Å². The molecule has 6 heteroatoms. The number of nitriles is 2. The first-order valence-electron chi connectivity index (χ1n) is 8.15. The Morgan fingerprint density at radius 1 is 1.12 bits per heavy atom. The Hall–Kier alpha value is -2.41. The molecule has 1 aliphatic heterocycles. The maximum atomic E-state index is 12.3. The highest BCUT2D eigenvalue weighted by Crippen LogP contribution is 2.12. The van der Waals surface area contributed by atoms with Crippen LogP contribution in [0.1, 0.15) is 11.1 Å². The minimum Gasteiger partial charge on any atom is -0.339 e. The fourth-order valence-corrected chi connectivity index (χ4v) is 2.84. The lowest BCUT2D eigenvalue weighted by atomic mass is 10.1. The molecule has 0 saturated carbocycles. The first kappa shape index (κ1) is 17.9. The van der Waals surface area contributed by atoms with Crippen molar-refractivity contribution in [1.29, 1.82) is 10.5 Å². The lowest BCUT2D eigenvalue weighted by Gasteiger charge is -2.35. The molecule has 1 heterocycles. The second-order valence-electron chi connectivity index (χ2n) is 6.04. The molecule has 6 nitrogen and oxygen atoms in total. The standard InChI is InChI=1S/C18H23N5O/c1-16-4-2-3-5-17(16)14-22-10-12-23(13-11-22)18(24)15-21(8-6-19)9-7-20/h2-5H,8-15H2,1H3. The number of carbonyl (C=O) groups excluding carboxylic acids is 1. The van der Waals surface area contributed by atoms with Crippen molar-refractivity contribution < 1.29 is 4.79 Å². The predicted molar refractivity (Wildman–Crippen MR) is 90.7 cm³/mol. The Kier molecular flexibility index (Phi) is 6.74. The summed E-state index contributed by atoms with van der Waals surface area (Å²) in [5.41, 5.74) is 2.62.